The van der Waals surface area contributed by atoms with E-state index in [0.29, 0.717) is 0 Å². The van der Waals surface area contributed by atoms with E-state index in [4.69, 9.17) is 26.5 Å². The summed E-state index contributed by atoms with van der Waals surface area (Å²) in [7, 11) is 15.0. The van der Waals surface area contributed by atoms with Gasteiger partial charge in [-0.1, -0.05) is 0 Å². The second-order valence-electron chi connectivity index (χ2n) is 2.47. The quantitative estimate of drug-likeness (QED) is 0.421. The number of hydrogen-bond donors (Lipinski definition) is 0. The summed E-state index contributed by atoms with van der Waals surface area (Å²) in [4.78, 5) is 13.6. The van der Waals surface area contributed by atoms with E-state index in [9.17, 15) is 4.91 Å². The van der Waals surface area contributed by atoms with Crippen molar-refractivity contribution < 1.29 is 4.84 Å². The van der Waals surface area contributed by atoms with Crippen molar-refractivity contribution in [3.05, 3.63) is 4.91 Å². The second-order valence-corrected chi connectivity index (χ2v) is 13.8. The molecule has 0 bridgehead atoms. The normalized spacial score (nSPS) is 10.1. The molecule has 0 heterocycles. The monoisotopic (exact) mass is 329 g/mol. The molecular weight excluding hydrogens is 322 g/mol. The predicted molar refractivity (Wildman–Crippen MR) is 49.9 cm³/mol. The molecule has 0 aliphatic rings. The SMILES string of the molecule is CC(C)(C)ON=O.[Cl][Sb]([Cl])[Cl]. The topological polar surface area (TPSA) is 38.7 Å². The van der Waals surface area contributed by atoms with Crippen LogP contribution in [0.5, 0.6) is 0 Å². The summed E-state index contributed by atoms with van der Waals surface area (Å²) in [6.45, 7) is 5.28. The maximum atomic E-state index is 9.35. The summed E-state index contributed by atoms with van der Waals surface area (Å²) in [6, 6.07) is 0. The molecule has 0 atom stereocenters. The first kappa shape index (κ1) is 14.6. The van der Waals surface area contributed by atoms with Gasteiger partial charge in [0.2, 0.25) is 0 Å². The van der Waals surface area contributed by atoms with Crippen LogP contribution in [-0.4, -0.2) is 22.4 Å². The van der Waals surface area contributed by atoms with Crippen LogP contribution in [-0.2, 0) is 4.84 Å². The Balaban J connectivity index is 0. The van der Waals surface area contributed by atoms with Gasteiger partial charge in [0.15, 0.2) is 5.34 Å². The van der Waals surface area contributed by atoms with E-state index in [2.05, 4.69) is 10.2 Å². The van der Waals surface area contributed by atoms with Crippen LogP contribution < -0.4 is 0 Å². The molecule has 0 radical (unpaired) electrons. The molecule has 7 heteroatoms. The average molecular weight is 331 g/mol. The van der Waals surface area contributed by atoms with Crippen LogP contribution in [0.4, 0.5) is 0 Å². The molecule has 0 aromatic heterocycles. The number of hydrogen-bond acceptors (Lipinski definition) is 3. The second kappa shape index (κ2) is 7.72. The Kier molecular flexibility index (Phi) is 10.3. The molecule has 0 unspecified atom stereocenters. The van der Waals surface area contributed by atoms with E-state index in [-0.39, 0.29) is 0 Å². The average Bonchev–Trinajstić information content (AvgIpc) is 1.58. The van der Waals surface area contributed by atoms with E-state index < -0.39 is 22.4 Å². The van der Waals surface area contributed by atoms with Gasteiger partial charge >= 0.3 is 43.3 Å². The summed E-state index contributed by atoms with van der Waals surface area (Å²) >= 11 is -2.03. The molecule has 0 spiro atoms. The van der Waals surface area contributed by atoms with Crippen LogP contribution in [0.15, 0.2) is 5.34 Å². The van der Waals surface area contributed by atoms with Gasteiger partial charge in [-0.2, -0.15) is 0 Å². The van der Waals surface area contributed by atoms with E-state index in [1.165, 1.54) is 0 Å². The van der Waals surface area contributed by atoms with Crippen molar-refractivity contribution in [2.75, 3.05) is 0 Å². The summed E-state index contributed by atoms with van der Waals surface area (Å²) in [5.41, 5.74) is -0.429. The summed E-state index contributed by atoms with van der Waals surface area (Å²) in [5.74, 6) is 0. The standard InChI is InChI=1S/C4H9NO2.3ClH.Sb/c1-4(2,3)7-5-6;;;;/h1-3H3;3*1H;/q;;;;+3/p-3. The fourth-order valence-electron chi connectivity index (χ4n) is 0.112. The fraction of sp³-hybridized carbons (Fsp3) is 1.00. The Labute approximate surface area is 84.2 Å². The van der Waals surface area contributed by atoms with E-state index in [0.717, 1.165) is 0 Å². The van der Waals surface area contributed by atoms with Crippen LogP contribution in [0.25, 0.3) is 0 Å². The van der Waals surface area contributed by atoms with Crippen LogP contribution in [0.2, 0.25) is 0 Å². The van der Waals surface area contributed by atoms with Crippen molar-refractivity contribution in [1.29, 1.82) is 0 Å². The molecule has 0 saturated heterocycles. The molecule has 11 heavy (non-hydrogen) atoms. The maximum absolute atomic E-state index is 9.35. The van der Waals surface area contributed by atoms with Crippen LogP contribution in [0, 0.1) is 4.91 Å². The summed E-state index contributed by atoms with van der Waals surface area (Å²) in [6.07, 6.45) is 0. The third-order valence-electron chi connectivity index (χ3n) is 0.311. The Morgan fingerprint density at radius 3 is 1.55 bits per heavy atom. The van der Waals surface area contributed by atoms with Gasteiger partial charge in [-0.3, -0.25) is 0 Å². The van der Waals surface area contributed by atoms with Crippen molar-refractivity contribution in [3.63, 3.8) is 0 Å². The van der Waals surface area contributed by atoms with Gasteiger partial charge in [-0.15, -0.1) is 4.91 Å². The number of nitrogens with zero attached hydrogens (tertiary/aromatic N) is 1. The molecule has 68 valence electrons. The van der Waals surface area contributed by atoms with Gasteiger partial charge in [0.05, 0.1) is 0 Å². The van der Waals surface area contributed by atoms with E-state index in [1.807, 2.05) is 0 Å². The first-order chi connectivity index (χ1) is 4.79. The van der Waals surface area contributed by atoms with Crippen molar-refractivity contribution in [1.82, 2.24) is 0 Å². The zero-order chi connectivity index (χ0) is 9.49. The van der Waals surface area contributed by atoms with Crippen LogP contribution >= 0.6 is 26.5 Å². The molecule has 0 aliphatic heterocycles. The van der Waals surface area contributed by atoms with E-state index in [1.54, 1.807) is 20.8 Å². The fourth-order valence-corrected chi connectivity index (χ4v) is 0.112. The Morgan fingerprint density at radius 1 is 1.27 bits per heavy atom. The molecule has 0 aromatic rings. The molecule has 0 aromatic carbocycles. The van der Waals surface area contributed by atoms with Gasteiger partial charge < -0.3 is 4.84 Å². The Morgan fingerprint density at radius 2 is 1.55 bits per heavy atom. The minimum absolute atomic E-state index is 0.429. The van der Waals surface area contributed by atoms with E-state index >= 15 is 0 Å². The van der Waals surface area contributed by atoms with Crippen molar-refractivity contribution >= 4 is 43.3 Å². The Bertz CT molecular complexity index is 103. The molecule has 0 fully saturated rings. The Hall–Kier alpha value is 1.09. The first-order valence-electron chi connectivity index (χ1n) is 2.58. The molecule has 0 amide bonds. The third kappa shape index (κ3) is 35.4. The van der Waals surface area contributed by atoms with Gasteiger partial charge in [0.25, 0.3) is 0 Å². The first-order valence-corrected chi connectivity index (χ1v) is 12.3. The molecule has 0 saturated carbocycles. The van der Waals surface area contributed by atoms with Crippen molar-refractivity contribution in [2.45, 2.75) is 26.4 Å². The van der Waals surface area contributed by atoms with Crippen LogP contribution in [0.1, 0.15) is 20.8 Å². The molecule has 3 nitrogen and oxygen atoms in total. The van der Waals surface area contributed by atoms with Gasteiger partial charge in [0, 0.05) is 0 Å². The van der Waals surface area contributed by atoms with Gasteiger partial charge in [-0.05, 0) is 20.8 Å². The summed E-state index contributed by atoms with van der Waals surface area (Å²) in [5, 5.41) is 2.26. The number of halogens is 3. The molecule has 0 rings (SSSR count). The predicted octanol–water partition coefficient (Wildman–Crippen LogP) is 3.17. The zero-order valence-electron chi connectivity index (χ0n) is 6.34. The van der Waals surface area contributed by atoms with Crippen LogP contribution in [0.3, 0.4) is 0 Å². The van der Waals surface area contributed by atoms with Gasteiger partial charge in [0.1, 0.15) is 5.60 Å². The minimum atomic E-state index is -2.03. The van der Waals surface area contributed by atoms with Crippen molar-refractivity contribution in [2.24, 2.45) is 5.34 Å². The van der Waals surface area contributed by atoms with Gasteiger partial charge in [-0.25, -0.2) is 0 Å². The zero-order valence-corrected chi connectivity index (χ0v) is 11.2. The third-order valence-corrected chi connectivity index (χ3v) is 0.311. The number of rotatable bonds is 1. The molecule has 0 N–H and O–H groups in total. The summed E-state index contributed by atoms with van der Waals surface area (Å²) < 4.78 is 0. The molecule has 0 aliphatic carbocycles. The van der Waals surface area contributed by atoms with Crippen molar-refractivity contribution in [3.8, 4) is 0 Å². The molecular formula is C4H9Cl3NO2Sb.